The highest BCUT2D eigenvalue weighted by molar-refractivity contribution is 5.43. The van der Waals surface area contributed by atoms with Crippen LogP contribution in [0.3, 0.4) is 0 Å². The third-order valence-electron chi connectivity index (χ3n) is 3.39. The molecule has 2 rings (SSSR count). The van der Waals surface area contributed by atoms with Crippen LogP contribution in [0.1, 0.15) is 32.8 Å². The minimum atomic E-state index is -0.998. The molecule has 1 aromatic rings. The van der Waals surface area contributed by atoms with E-state index in [0.717, 1.165) is 0 Å². The normalized spacial score (nSPS) is 31.5. The van der Waals surface area contributed by atoms with Crippen LogP contribution in [0.15, 0.2) is 24.3 Å². The summed E-state index contributed by atoms with van der Waals surface area (Å²) in [7, 11) is 0. The Hall–Kier alpha value is -1.46. The smallest absolute Gasteiger partial charge is 0.278 e. The van der Waals surface area contributed by atoms with Crippen molar-refractivity contribution < 1.29 is 14.4 Å². The molecule has 0 radical (unpaired) electrons. The second-order valence-corrected chi connectivity index (χ2v) is 4.53. The van der Waals surface area contributed by atoms with Gasteiger partial charge >= 0.3 is 0 Å². The largest absolute Gasteiger partial charge is 0.340 e. The molecular weight excluding hydrogens is 234 g/mol. The summed E-state index contributed by atoms with van der Waals surface area (Å²) in [6, 6.07) is 6.59. The van der Waals surface area contributed by atoms with Crippen molar-refractivity contribution in [3.05, 3.63) is 39.9 Å². The first-order valence-electron chi connectivity index (χ1n) is 6.09. The van der Waals surface area contributed by atoms with Crippen molar-refractivity contribution in [3.63, 3.8) is 0 Å². The molecule has 1 aliphatic rings. The summed E-state index contributed by atoms with van der Waals surface area (Å²) >= 11 is 0. The van der Waals surface area contributed by atoms with Gasteiger partial charge in [0.2, 0.25) is 5.79 Å². The average molecular weight is 251 g/mol. The van der Waals surface area contributed by atoms with E-state index >= 15 is 0 Å². The van der Waals surface area contributed by atoms with Crippen LogP contribution in [0.4, 0.5) is 5.69 Å². The molecule has 1 fully saturated rings. The van der Waals surface area contributed by atoms with Gasteiger partial charge in [-0.2, -0.15) is 0 Å². The summed E-state index contributed by atoms with van der Waals surface area (Å²) in [5.74, 6) is -0.998. The topological polar surface area (TPSA) is 61.6 Å². The number of nitro groups is 1. The van der Waals surface area contributed by atoms with E-state index < -0.39 is 10.7 Å². The van der Waals surface area contributed by atoms with Crippen molar-refractivity contribution in [2.45, 2.75) is 45.2 Å². The van der Waals surface area contributed by atoms with Gasteiger partial charge in [0.1, 0.15) is 0 Å². The van der Waals surface area contributed by atoms with Crippen LogP contribution >= 0.6 is 0 Å². The Morgan fingerprint density at radius 2 is 1.83 bits per heavy atom. The maximum atomic E-state index is 11.1. The second kappa shape index (κ2) is 4.66. The molecule has 5 heteroatoms. The lowest BCUT2D eigenvalue weighted by Gasteiger charge is -2.26. The number of rotatable bonds is 3. The molecule has 98 valence electrons. The first-order valence-corrected chi connectivity index (χ1v) is 6.09. The van der Waals surface area contributed by atoms with Gasteiger partial charge in [-0.1, -0.05) is 19.1 Å². The number of hydrogen-bond donors (Lipinski definition) is 0. The first kappa shape index (κ1) is 13.0. The van der Waals surface area contributed by atoms with Crippen LogP contribution in [0, 0.1) is 10.1 Å². The number of hydrogen-bond acceptors (Lipinski definition) is 4. The van der Waals surface area contributed by atoms with Crippen molar-refractivity contribution in [2.24, 2.45) is 0 Å². The highest BCUT2D eigenvalue weighted by atomic mass is 16.8. The second-order valence-electron chi connectivity index (χ2n) is 4.53. The Balaban J connectivity index is 2.49. The fourth-order valence-corrected chi connectivity index (χ4v) is 2.26. The van der Waals surface area contributed by atoms with Crippen molar-refractivity contribution >= 4 is 5.69 Å². The number of nitro benzene ring substituents is 1. The summed E-state index contributed by atoms with van der Waals surface area (Å²) in [6.07, 6.45) is 0.376. The lowest BCUT2D eigenvalue weighted by atomic mass is 10.0. The van der Waals surface area contributed by atoms with Crippen LogP contribution in [0.2, 0.25) is 0 Å². The number of benzene rings is 1. The minimum Gasteiger partial charge on any atom is -0.340 e. The molecule has 0 aliphatic carbocycles. The minimum absolute atomic E-state index is 0.0423. The monoisotopic (exact) mass is 251 g/mol. The van der Waals surface area contributed by atoms with E-state index in [0.29, 0.717) is 12.0 Å². The summed E-state index contributed by atoms with van der Waals surface area (Å²) in [4.78, 5) is 10.7. The summed E-state index contributed by atoms with van der Waals surface area (Å²) in [6.45, 7) is 5.73. The molecule has 2 atom stereocenters. The summed E-state index contributed by atoms with van der Waals surface area (Å²) < 4.78 is 11.7. The van der Waals surface area contributed by atoms with Crippen LogP contribution in [0.25, 0.3) is 0 Å². The molecule has 0 amide bonds. The maximum Gasteiger partial charge on any atom is 0.278 e. The van der Waals surface area contributed by atoms with Crippen molar-refractivity contribution in [2.75, 3.05) is 0 Å². The molecule has 0 N–H and O–H groups in total. The van der Waals surface area contributed by atoms with E-state index in [4.69, 9.17) is 9.47 Å². The zero-order valence-corrected chi connectivity index (χ0v) is 10.8. The molecule has 0 bridgehead atoms. The maximum absolute atomic E-state index is 11.1. The first-order chi connectivity index (χ1) is 8.50. The molecule has 0 aromatic heterocycles. The van der Waals surface area contributed by atoms with Crippen LogP contribution in [-0.2, 0) is 15.3 Å². The van der Waals surface area contributed by atoms with Crippen molar-refractivity contribution in [3.8, 4) is 0 Å². The molecule has 2 unspecified atom stereocenters. The predicted octanol–water partition coefficient (Wildman–Crippen LogP) is 2.98. The van der Waals surface area contributed by atoms with Gasteiger partial charge in [-0.25, -0.2) is 0 Å². The van der Waals surface area contributed by atoms with Gasteiger partial charge in [-0.15, -0.1) is 0 Å². The number of ether oxygens (including phenoxy) is 2. The SMILES string of the molecule is CCC1(c2ccccc2[N+](=O)[O-])OC(C)C(C)O1. The number of para-hydroxylation sites is 1. The Kier molecular flexibility index (Phi) is 3.36. The summed E-state index contributed by atoms with van der Waals surface area (Å²) in [5, 5.41) is 11.1. The Morgan fingerprint density at radius 3 is 2.33 bits per heavy atom. The molecule has 18 heavy (non-hydrogen) atoms. The summed E-state index contributed by atoms with van der Waals surface area (Å²) in [5.41, 5.74) is 0.536. The van der Waals surface area contributed by atoms with Crippen molar-refractivity contribution in [1.82, 2.24) is 0 Å². The molecule has 5 nitrogen and oxygen atoms in total. The molecule has 1 saturated heterocycles. The fourth-order valence-electron chi connectivity index (χ4n) is 2.26. The van der Waals surface area contributed by atoms with Gasteiger partial charge in [0.05, 0.1) is 22.7 Å². The lowest BCUT2D eigenvalue weighted by molar-refractivity contribution is -0.388. The van der Waals surface area contributed by atoms with Gasteiger partial charge in [0.25, 0.3) is 5.69 Å². The van der Waals surface area contributed by atoms with Crippen LogP contribution in [-0.4, -0.2) is 17.1 Å². The van der Waals surface area contributed by atoms with E-state index in [2.05, 4.69) is 0 Å². The van der Waals surface area contributed by atoms with Crippen LogP contribution in [0.5, 0.6) is 0 Å². The van der Waals surface area contributed by atoms with Crippen LogP contribution < -0.4 is 0 Å². The third-order valence-corrected chi connectivity index (χ3v) is 3.39. The van der Waals surface area contributed by atoms with E-state index in [-0.39, 0.29) is 17.9 Å². The fraction of sp³-hybridized carbons (Fsp3) is 0.538. The van der Waals surface area contributed by atoms with Crippen molar-refractivity contribution in [1.29, 1.82) is 0 Å². The third kappa shape index (κ3) is 2.00. The van der Waals surface area contributed by atoms with E-state index in [9.17, 15) is 10.1 Å². The Bertz CT molecular complexity index is 450. The average Bonchev–Trinajstić information content (AvgIpc) is 2.66. The van der Waals surface area contributed by atoms with Gasteiger partial charge < -0.3 is 9.47 Å². The molecule has 0 saturated carbocycles. The molecule has 1 aromatic carbocycles. The van der Waals surface area contributed by atoms with Gasteiger partial charge in [0, 0.05) is 12.5 Å². The highest BCUT2D eigenvalue weighted by Crippen LogP contribution is 2.43. The zero-order chi connectivity index (χ0) is 13.3. The molecule has 0 spiro atoms. The van der Waals surface area contributed by atoms with Gasteiger partial charge in [0.15, 0.2) is 0 Å². The predicted molar refractivity (Wildman–Crippen MR) is 66.2 cm³/mol. The lowest BCUT2D eigenvalue weighted by Crippen LogP contribution is -2.28. The van der Waals surface area contributed by atoms with Gasteiger partial charge in [-0.05, 0) is 19.9 Å². The number of nitrogens with zero attached hydrogens (tertiary/aromatic N) is 1. The molecule has 1 heterocycles. The standard InChI is InChI=1S/C13H17NO4/c1-4-13(17-9(2)10(3)18-13)11-7-5-6-8-12(11)14(15)16/h5-10H,4H2,1-3H3. The van der Waals surface area contributed by atoms with E-state index in [1.807, 2.05) is 20.8 Å². The Morgan fingerprint density at radius 1 is 1.28 bits per heavy atom. The van der Waals surface area contributed by atoms with E-state index in [1.165, 1.54) is 6.07 Å². The molecular formula is C13H17NO4. The highest BCUT2D eigenvalue weighted by Gasteiger charge is 2.47. The quantitative estimate of drug-likeness (QED) is 0.612. The van der Waals surface area contributed by atoms with Gasteiger partial charge in [-0.3, -0.25) is 10.1 Å². The Labute approximate surface area is 106 Å². The zero-order valence-electron chi connectivity index (χ0n) is 10.8. The van der Waals surface area contributed by atoms with E-state index in [1.54, 1.807) is 18.2 Å². The molecule has 1 aliphatic heterocycles.